The minimum absolute atomic E-state index is 0.519. The van der Waals surface area contributed by atoms with Crippen molar-refractivity contribution < 1.29 is 9.84 Å². The molecule has 2 aromatic rings. The fraction of sp³-hybridized carbons (Fsp3) is 0.357. The summed E-state index contributed by atoms with van der Waals surface area (Å²) in [5, 5.41) is 9.64. The van der Waals surface area contributed by atoms with Gasteiger partial charge in [-0.15, -0.1) is 0 Å². The molecule has 0 aliphatic carbocycles. The molecule has 1 heterocycles. The van der Waals surface area contributed by atoms with Crippen LogP contribution in [0.2, 0.25) is 0 Å². The standard InChI is InChI=1S/C14H18N2O2/c1-11(17)12-5-3-4-6-13(12)18-10-7-14-15-8-9-16(14)2/h3-6,8-9,11,17H,7,10H2,1-2H3. The maximum atomic E-state index is 9.64. The van der Waals surface area contributed by atoms with Gasteiger partial charge in [0.15, 0.2) is 0 Å². The Bertz CT molecular complexity index is 506. The van der Waals surface area contributed by atoms with E-state index in [9.17, 15) is 5.11 Å². The number of hydrogen-bond acceptors (Lipinski definition) is 3. The molecular weight excluding hydrogens is 228 g/mol. The van der Waals surface area contributed by atoms with Crippen molar-refractivity contribution in [3.63, 3.8) is 0 Å². The smallest absolute Gasteiger partial charge is 0.125 e. The number of hydrogen-bond donors (Lipinski definition) is 1. The van der Waals surface area contributed by atoms with Crippen LogP contribution in [-0.2, 0) is 13.5 Å². The Labute approximate surface area is 107 Å². The predicted molar refractivity (Wildman–Crippen MR) is 69.5 cm³/mol. The lowest BCUT2D eigenvalue weighted by Crippen LogP contribution is -2.07. The van der Waals surface area contributed by atoms with E-state index in [0.29, 0.717) is 6.61 Å². The first-order valence-corrected chi connectivity index (χ1v) is 6.04. The molecule has 0 aliphatic heterocycles. The second-order valence-electron chi connectivity index (χ2n) is 4.27. The summed E-state index contributed by atoms with van der Waals surface area (Å²) >= 11 is 0. The van der Waals surface area contributed by atoms with Crippen LogP contribution in [0.15, 0.2) is 36.7 Å². The fourth-order valence-corrected chi connectivity index (χ4v) is 1.85. The SMILES string of the molecule is CC(O)c1ccccc1OCCc1nccn1C. The van der Waals surface area contributed by atoms with Gasteiger partial charge < -0.3 is 14.4 Å². The Balaban J connectivity index is 1.96. The monoisotopic (exact) mass is 246 g/mol. The van der Waals surface area contributed by atoms with E-state index in [2.05, 4.69) is 4.98 Å². The number of aryl methyl sites for hydroxylation is 1. The Morgan fingerprint density at radius 1 is 1.39 bits per heavy atom. The molecule has 1 aromatic carbocycles. The number of rotatable bonds is 5. The van der Waals surface area contributed by atoms with Crippen LogP contribution in [0.25, 0.3) is 0 Å². The largest absolute Gasteiger partial charge is 0.493 e. The molecule has 0 amide bonds. The first-order valence-electron chi connectivity index (χ1n) is 6.04. The van der Waals surface area contributed by atoms with E-state index in [-0.39, 0.29) is 0 Å². The summed E-state index contributed by atoms with van der Waals surface area (Å²) in [6, 6.07) is 7.55. The highest BCUT2D eigenvalue weighted by Gasteiger charge is 2.08. The summed E-state index contributed by atoms with van der Waals surface area (Å²) < 4.78 is 7.69. The van der Waals surface area contributed by atoms with Gasteiger partial charge in [0.1, 0.15) is 11.6 Å². The number of aliphatic hydroxyl groups is 1. The third-order valence-electron chi connectivity index (χ3n) is 2.87. The number of nitrogens with zero attached hydrogens (tertiary/aromatic N) is 2. The number of imidazole rings is 1. The molecule has 18 heavy (non-hydrogen) atoms. The van der Waals surface area contributed by atoms with E-state index in [4.69, 9.17) is 4.74 Å². The van der Waals surface area contributed by atoms with Gasteiger partial charge in [-0.2, -0.15) is 0 Å². The van der Waals surface area contributed by atoms with E-state index >= 15 is 0 Å². The highest BCUT2D eigenvalue weighted by Crippen LogP contribution is 2.24. The maximum absolute atomic E-state index is 9.64. The second kappa shape index (κ2) is 5.69. The van der Waals surface area contributed by atoms with Crippen LogP contribution >= 0.6 is 0 Å². The van der Waals surface area contributed by atoms with Crippen LogP contribution in [0.5, 0.6) is 5.75 Å². The zero-order chi connectivity index (χ0) is 13.0. The van der Waals surface area contributed by atoms with Crippen molar-refractivity contribution in [2.45, 2.75) is 19.4 Å². The molecule has 0 saturated heterocycles. The minimum Gasteiger partial charge on any atom is -0.493 e. The molecule has 0 radical (unpaired) electrons. The van der Waals surface area contributed by atoms with Crippen molar-refractivity contribution in [3.8, 4) is 5.75 Å². The molecule has 0 bridgehead atoms. The zero-order valence-electron chi connectivity index (χ0n) is 10.7. The van der Waals surface area contributed by atoms with Crippen molar-refractivity contribution >= 4 is 0 Å². The average molecular weight is 246 g/mol. The predicted octanol–water partition coefficient (Wildman–Crippen LogP) is 2.09. The van der Waals surface area contributed by atoms with Gasteiger partial charge in [0.25, 0.3) is 0 Å². The second-order valence-corrected chi connectivity index (χ2v) is 4.27. The number of ether oxygens (including phenoxy) is 1. The summed E-state index contributed by atoms with van der Waals surface area (Å²) in [5.74, 6) is 1.73. The summed E-state index contributed by atoms with van der Waals surface area (Å²) in [6.45, 7) is 2.29. The van der Waals surface area contributed by atoms with Crippen molar-refractivity contribution in [2.24, 2.45) is 7.05 Å². The van der Waals surface area contributed by atoms with Crippen LogP contribution in [0.4, 0.5) is 0 Å². The average Bonchev–Trinajstić information content (AvgIpc) is 2.76. The van der Waals surface area contributed by atoms with Gasteiger partial charge in [0.2, 0.25) is 0 Å². The Morgan fingerprint density at radius 3 is 2.83 bits per heavy atom. The van der Waals surface area contributed by atoms with Crippen molar-refractivity contribution in [1.29, 1.82) is 0 Å². The van der Waals surface area contributed by atoms with Crippen LogP contribution < -0.4 is 4.74 Å². The van der Waals surface area contributed by atoms with Gasteiger partial charge in [0.05, 0.1) is 12.7 Å². The summed E-state index contributed by atoms with van der Waals surface area (Å²) in [6.07, 6.45) is 3.92. The highest BCUT2D eigenvalue weighted by atomic mass is 16.5. The van der Waals surface area contributed by atoms with E-state index < -0.39 is 6.10 Å². The van der Waals surface area contributed by atoms with E-state index in [1.165, 1.54) is 0 Å². The summed E-state index contributed by atoms with van der Waals surface area (Å²) in [4.78, 5) is 4.24. The van der Waals surface area contributed by atoms with E-state index in [1.807, 2.05) is 42.1 Å². The molecule has 1 aromatic heterocycles. The number of aromatic nitrogens is 2. The molecule has 0 spiro atoms. The molecule has 4 heteroatoms. The highest BCUT2D eigenvalue weighted by molar-refractivity contribution is 5.34. The molecule has 0 aliphatic rings. The van der Waals surface area contributed by atoms with Gasteiger partial charge in [-0.1, -0.05) is 18.2 Å². The quantitative estimate of drug-likeness (QED) is 0.878. The topological polar surface area (TPSA) is 47.3 Å². The summed E-state index contributed by atoms with van der Waals surface area (Å²) in [5.41, 5.74) is 0.817. The van der Waals surface area contributed by atoms with Crippen molar-refractivity contribution in [2.75, 3.05) is 6.61 Å². The van der Waals surface area contributed by atoms with Gasteiger partial charge >= 0.3 is 0 Å². The molecular formula is C14H18N2O2. The van der Waals surface area contributed by atoms with Crippen LogP contribution in [-0.4, -0.2) is 21.3 Å². The number of para-hydroxylation sites is 1. The van der Waals surface area contributed by atoms with Gasteiger partial charge in [-0.05, 0) is 13.0 Å². The Kier molecular flexibility index (Phi) is 3.99. The first kappa shape index (κ1) is 12.6. The first-order chi connectivity index (χ1) is 8.68. The van der Waals surface area contributed by atoms with Crippen molar-refractivity contribution in [3.05, 3.63) is 48.0 Å². The molecule has 96 valence electrons. The van der Waals surface area contributed by atoms with E-state index in [0.717, 1.165) is 23.6 Å². The molecule has 0 fully saturated rings. The Hall–Kier alpha value is -1.81. The lowest BCUT2D eigenvalue weighted by atomic mass is 10.1. The molecule has 2 rings (SSSR count). The third-order valence-corrected chi connectivity index (χ3v) is 2.87. The molecule has 4 nitrogen and oxygen atoms in total. The molecule has 0 saturated carbocycles. The number of aliphatic hydroxyl groups excluding tert-OH is 1. The van der Waals surface area contributed by atoms with Gasteiger partial charge in [0, 0.05) is 31.4 Å². The van der Waals surface area contributed by atoms with Crippen LogP contribution in [0, 0.1) is 0 Å². The fourth-order valence-electron chi connectivity index (χ4n) is 1.85. The van der Waals surface area contributed by atoms with E-state index in [1.54, 1.807) is 13.1 Å². The lowest BCUT2D eigenvalue weighted by molar-refractivity contribution is 0.191. The zero-order valence-corrected chi connectivity index (χ0v) is 10.7. The molecule has 1 atom stereocenters. The van der Waals surface area contributed by atoms with Crippen molar-refractivity contribution in [1.82, 2.24) is 9.55 Å². The van der Waals surface area contributed by atoms with Gasteiger partial charge in [-0.3, -0.25) is 0 Å². The van der Waals surface area contributed by atoms with Crippen LogP contribution in [0.1, 0.15) is 24.4 Å². The lowest BCUT2D eigenvalue weighted by Gasteiger charge is -2.13. The van der Waals surface area contributed by atoms with Crippen LogP contribution in [0.3, 0.4) is 0 Å². The number of benzene rings is 1. The molecule has 1 unspecified atom stereocenters. The third kappa shape index (κ3) is 2.90. The summed E-state index contributed by atoms with van der Waals surface area (Å²) in [7, 11) is 1.96. The maximum Gasteiger partial charge on any atom is 0.125 e. The van der Waals surface area contributed by atoms with Gasteiger partial charge in [-0.25, -0.2) is 4.98 Å². The minimum atomic E-state index is -0.519. The molecule has 1 N–H and O–H groups in total. The normalized spacial score (nSPS) is 12.4. The Morgan fingerprint density at radius 2 is 2.17 bits per heavy atom.